The molecular weight excluding hydrogens is 593 g/mol. The van der Waals surface area contributed by atoms with Gasteiger partial charge in [-0.05, 0) is 67.5 Å². The molecular formula is C32H41Cl2N3O4S. The summed E-state index contributed by atoms with van der Waals surface area (Å²) in [5.74, 6) is -0.583. The molecule has 10 heteroatoms. The van der Waals surface area contributed by atoms with E-state index in [4.69, 9.17) is 23.2 Å². The minimum absolute atomic E-state index is 0.0104. The number of benzene rings is 2. The van der Waals surface area contributed by atoms with E-state index in [-0.39, 0.29) is 35.9 Å². The minimum atomic E-state index is -3.46. The number of hydrogen-bond donors (Lipinski definition) is 1. The highest BCUT2D eigenvalue weighted by Gasteiger charge is 2.52. The number of sulfonamides is 1. The lowest BCUT2D eigenvalue weighted by molar-refractivity contribution is -0.157. The Kier molecular flexibility index (Phi) is 10.5. The topological polar surface area (TPSA) is 86.8 Å². The molecule has 0 aromatic heterocycles. The quantitative estimate of drug-likeness (QED) is 0.206. The van der Waals surface area contributed by atoms with Crippen molar-refractivity contribution in [2.75, 3.05) is 20.1 Å². The molecule has 0 radical (unpaired) electrons. The Bertz CT molecular complexity index is 1400. The molecule has 2 amide bonds. The first kappa shape index (κ1) is 32.5. The third kappa shape index (κ3) is 7.21. The summed E-state index contributed by atoms with van der Waals surface area (Å²) in [5.41, 5.74) is 0.809. The largest absolute Gasteiger partial charge is 0.356 e. The molecule has 2 aromatic carbocycles. The molecule has 1 heterocycles. The maximum Gasteiger partial charge on any atom is 0.229 e. The number of nitrogens with one attached hydrogen (secondary N) is 1. The van der Waals surface area contributed by atoms with E-state index >= 15 is 0 Å². The second-order valence-electron chi connectivity index (χ2n) is 11.8. The third-order valence-corrected chi connectivity index (χ3v) is 11.3. The molecule has 4 atom stereocenters. The van der Waals surface area contributed by atoms with Crippen LogP contribution >= 0.6 is 23.2 Å². The Hall–Kier alpha value is -2.39. The summed E-state index contributed by atoms with van der Waals surface area (Å²) >= 11 is 12.7. The Morgan fingerprint density at radius 3 is 2.45 bits per heavy atom. The molecule has 2 aliphatic rings. The zero-order valence-electron chi connectivity index (χ0n) is 24.6. The SMILES string of the molecule is C=CCCNC(=O)C[C@@]1(C)C[C@H](c2cccc(Cl)c2)[C@@H](c2ccc(Cl)cc2)N([C@@H](CC)CN(C)S(=O)(=O)C2CC2)C1=O. The van der Waals surface area contributed by atoms with Crippen molar-refractivity contribution in [3.63, 3.8) is 0 Å². The van der Waals surface area contributed by atoms with Crippen LogP contribution in [0.1, 0.15) is 75.5 Å². The monoisotopic (exact) mass is 633 g/mol. The molecule has 1 aliphatic carbocycles. The van der Waals surface area contributed by atoms with Crippen molar-refractivity contribution in [2.24, 2.45) is 5.41 Å². The smallest absolute Gasteiger partial charge is 0.229 e. The number of piperidine rings is 1. The second-order valence-corrected chi connectivity index (χ2v) is 15.0. The van der Waals surface area contributed by atoms with E-state index in [1.807, 2.05) is 55.1 Å². The van der Waals surface area contributed by atoms with E-state index in [9.17, 15) is 18.0 Å². The maximum absolute atomic E-state index is 14.7. The molecule has 1 N–H and O–H groups in total. The van der Waals surface area contributed by atoms with E-state index in [1.54, 1.807) is 25.3 Å². The Morgan fingerprint density at radius 1 is 1.17 bits per heavy atom. The van der Waals surface area contributed by atoms with Gasteiger partial charge in [0, 0.05) is 48.6 Å². The van der Waals surface area contributed by atoms with Gasteiger partial charge in [-0.25, -0.2) is 12.7 Å². The fourth-order valence-electron chi connectivity index (χ4n) is 6.11. The zero-order valence-corrected chi connectivity index (χ0v) is 26.9. The van der Waals surface area contributed by atoms with Crippen LogP contribution < -0.4 is 5.32 Å². The van der Waals surface area contributed by atoms with Gasteiger partial charge in [-0.15, -0.1) is 6.58 Å². The van der Waals surface area contributed by atoms with Crippen molar-refractivity contribution >= 4 is 45.0 Å². The lowest BCUT2D eigenvalue weighted by Gasteiger charge is -2.52. The van der Waals surface area contributed by atoms with Crippen LogP contribution in [0.4, 0.5) is 0 Å². The normalized spacial score (nSPS) is 23.6. The predicted molar refractivity (Wildman–Crippen MR) is 169 cm³/mol. The number of hydrogen-bond acceptors (Lipinski definition) is 4. The maximum atomic E-state index is 14.7. The number of likely N-dealkylation sites (tertiary alicyclic amines) is 1. The Balaban J connectivity index is 1.82. The van der Waals surface area contributed by atoms with Crippen molar-refractivity contribution in [1.29, 1.82) is 0 Å². The lowest BCUT2D eigenvalue weighted by Crippen LogP contribution is -2.58. The first-order valence-electron chi connectivity index (χ1n) is 14.6. The summed E-state index contributed by atoms with van der Waals surface area (Å²) in [7, 11) is -1.86. The van der Waals surface area contributed by atoms with Crippen molar-refractivity contribution in [2.45, 2.75) is 75.6 Å². The second kappa shape index (κ2) is 13.5. The van der Waals surface area contributed by atoms with Crippen LogP contribution in [0.5, 0.6) is 0 Å². The van der Waals surface area contributed by atoms with Gasteiger partial charge in [0.25, 0.3) is 0 Å². The summed E-state index contributed by atoms with van der Waals surface area (Å²) in [6, 6.07) is 14.2. The van der Waals surface area contributed by atoms with E-state index in [0.29, 0.717) is 48.7 Å². The number of halogens is 2. The van der Waals surface area contributed by atoms with Crippen LogP contribution in [0, 0.1) is 5.41 Å². The van der Waals surface area contributed by atoms with Gasteiger partial charge in [0.05, 0.1) is 16.7 Å². The average Bonchev–Trinajstić information content (AvgIpc) is 3.80. The Morgan fingerprint density at radius 2 is 1.86 bits per heavy atom. The van der Waals surface area contributed by atoms with Gasteiger partial charge in [-0.2, -0.15) is 0 Å². The summed E-state index contributed by atoms with van der Waals surface area (Å²) < 4.78 is 27.7. The first-order chi connectivity index (χ1) is 19.9. The van der Waals surface area contributed by atoms with Crippen LogP contribution in [0.25, 0.3) is 0 Å². The highest BCUT2D eigenvalue weighted by molar-refractivity contribution is 7.90. The standard InChI is InChI=1S/C32H41Cl2N3O4S/c1-5-7-17-35-29(38)20-32(3)19-28(23-9-8-10-25(34)18-23)30(22-11-13-24(33)14-12-22)37(31(32)39)26(6-2)21-36(4)42(40,41)27-15-16-27/h5,8-14,18,26-28,30H,1,6-7,15-17,19-21H2,2-4H3,(H,35,38)/t26-,28+,30+,32+/m0/s1. The molecule has 0 spiro atoms. The number of carbonyl (C=O) groups is 2. The molecule has 0 unspecified atom stereocenters. The molecule has 7 nitrogen and oxygen atoms in total. The van der Waals surface area contributed by atoms with E-state index < -0.39 is 27.5 Å². The summed E-state index contributed by atoms with van der Waals surface area (Å²) in [5, 5.41) is 3.72. The molecule has 1 aliphatic heterocycles. The van der Waals surface area contributed by atoms with Gasteiger partial charge >= 0.3 is 0 Å². The average molecular weight is 635 g/mol. The van der Waals surface area contributed by atoms with Crippen molar-refractivity contribution in [3.05, 3.63) is 82.4 Å². The van der Waals surface area contributed by atoms with Crippen LogP contribution in [0.15, 0.2) is 61.2 Å². The van der Waals surface area contributed by atoms with E-state index in [0.717, 1.165) is 11.1 Å². The van der Waals surface area contributed by atoms with Crippen molar-refractivity contribution < 1.29 is 18.0 Å². The van der Waals surface area contributed by atoms with Gasteiger partial charge < -0.3 is 10.2 Å². The minimum Gasteiger partial charge on any atom is -0.356 e. The van der Waals surface area contributed by atoms with E-state index in [1.165, 1.54) is 4.31 Å². The Labute approximate surface area is 260 Å². The van der Waals surface area contributed by atoms with Crippen LogP contribution in [0.3, 0.4) is 0 Å². The van der Waals surface area contributed by atoms with Crippen LogP contribution in [-0.4, -0.2) is 60.9 Å². The van der Waals surface area contributed by atoms with Crippen LogP contribution in [-0.2, 0) is 19.6 Å². The lowest BCUT2D eigenvalue weighted by atomic mass is 9.67. The fraction of sp³-hybridized carbons (Fsp3) is 0.500. The highest BCUT2D eigenvalue weighted by atomic mass is 35.5. The predicted octanol–water partition coefficient (Wildman–Crippen LogP) is 6.34. The molecule has 2 aromatic rings. The molecule has 42 heavy (non-hydrogen) atoms. The summed E-state index contributed by atoms with van der Waals surface area (Å²) in [4.78, 5) is 29.7. The van der Waals surface area contributed by atoms with Gasteiger partial charge in [0.2, 0.25) is 21.8 Å². The molecule has 1 saturated heterocycles. The van der Waals surface area contributed by atoms with Gasteiger partial charge in [0.1, 0.15) is 0 Å². The number of likely N-dealkylation sites (N-methyl/N-ethyl adjacent to an activating group) is 1. The summed E-state index contributed by atoms with van der Waals surface area (Å²) in [6.07, 6.45) is 4.65. The van der Waals surface area contributed by atoms with Gasteiger partial charge in [-0.3, -0.25) is 9.59 Å². The first-order valence-corrected chi connectivity index (χ1v) is 16.8. The van der Waals surface area contributed by atoms with Crippen molar-refractivity contribution in [3.8, 4) is 0 Å². The number of rotatable bonds is 13. The van der Waals surface area contributed by atoms with Gasteiger partial charge in [-0.1, -0.05) is 67.4 Å². The number of amides is 2. The number of nitrogens with zero attached hydrogens (tertiary/aromatic N) is 2. The number of carbonyl (C=O) groups excluding carboxylic acids is 2. The fourth-order valence-corrected chi connectivity index (χ4v) is 8.06. The molecule has 4 rings (SSSR count). The molecule has 228 valence electrons. The van der Waals surface area contributed by atoms with E-state index in [2.05, 4.69) is 11.9 Å². The van der Waals surface area contributed by atoms with Gasteiger partial charge in [0.15, 0.2) is 0 Å². The highest BCUT2D eigenvalue weighted by Crippen LogP contribution is 2.52. The molecule has 2 fully saturated rings. The third-order valence-electron chi connectivity index (χ3n) is 8.52. The van der Waals surface area contributed by atoms with Crippen molar-refractivity contribution in [1.82, 2.24) is 14.5 Å². The molecule has 0 bridgehead atoms. The van der Waals surface area contributed by atoms with Crippen LogP contribution in [0.2, 0.25) is 10.0 Å². The summed E-state index contributed by atoms with van der Waals surface area (Å²) in [6.45, 7) is 8.14. The zero-order chi connectivity index (χ0) is 30.7. The molecule has 1 saturated carbocycles.